The molecule has 0 saturated carbocycles. The molecule has 0 aliphatic heterocycles. The van der Waals surface area contributed by atoms with Crippen molar-refractivity contribution in [3.8, 4) is 0 Å². The van der Waals surface area contributed by atoms with Gasteiger partial charge in [-0.25, -0.2) is 9.97 Å². The number of anilines is 2. The van der Waals surface area contributed by atoms with Crippen molar-refractivity contribution in [3.05, 3.63) is 47.4 Å². The van der Waals surface area contributed by atoms with E-state index in [4.69, 9.17) is 0 Å². The minimum absolute atomic E-state index is 0.257. The van der Waals surface area contributed by atoms with Gasteiger partial charge in [-0.15, -0.1) is 0 Å². The maximum Gasteiger partial charge on any atom is 0.275 e. The summed E-state index contributed by atoms with van der Waals surface area (Å²) < 4.78 is 0. The molecule has 0 aliphatic carbocycles. The van der Waals surface area contributed by atoms with E-state index in [1.165, 1.54) is 6.20 Å². The molecule has 110 valence electrons. The van der Waals surface area contributed by atoms with Gasteiger partial charge in [-0.2, -0.15) is 0 Å². The number of carbonyl (C=O) groups is 1. The highest BCUT2D eigenvalue weighted by Crippen LogP contribution is 2.17. The number of carbonyl (C=O) groups excluding carboxylic acids is 1. The summed E-state index contributed by atoms with van der Waals surface area (Å²) in [6, 6.07) is 6.20. The Labute approximate surface area is 124 Å². The van der Waals surface area contributed by atoms with Crippen LogP contribution in [0.4, 0.5) is 11.5 Å². The van der Waals surface area contributed by atoms with E-state index in [0.29, 0.717) is 11.5 Å². The standard InChI is InChI=1S/C16H20N4O/c1-10(2)19-15-9-17-14(8-18-15)16(21)20-13-7-11(3)5-6-12(13)4/h5-10H,1-4H3,(H,18,19)(H,20,21). The van der Waals surface area contributed by atoms with Gasteiger partial charge in [0, 0.05) is 11.7 Å². The van der Waals surface area contributed by atoms with Crippen LogP contribution in [0, 0.1) is 13.8 Å². The maximum atomic E-state index is 12.2. The van der Waals surface area contributed by atoms with E-state index in [9.17, 15) is 4.79 Å². The van der Waals surface area contributed by atoms with E-state index < -0.39 is 0 Å². The summed E-state index contributed by atoms with van der Waals surface area (Å²) in [6.45, 7) is 7.98. The van der Waals surface area contributed by atoms with E-state index in [1.54, 1.807) is 6.20 Å². The number of aryl methyl sites for hydroxylation is 2. The summed E-state index contributed by atoms with van der Waals surface area (Å²) in [5, 5.41) is 6.00. The molecule has 1 heterocycles. The van der Waals surface area contributed by atoms with Crippen LogP contribution in [-0.2, 0) is 0 Å². The molecule has 5 heteroatoms. The lowest BCUT2D eigenvalue weighted by molar-refractivity contribution is 0.102. The van der Waals surface area contributed by atoms with Gasteiger partial charge in [-0.3, -0.25) is 4.79 Å². The average Bonchev–Trinajstić information content (AvgIpc) is 2.43. The van der Waals surface area contributed by atoms with Crippen LogP contribution < -0.4 is 10.6 Å². The summed E-state index contributed by atoms with van der Waals surface area (Å²) in [7, 11) is 0. The third kappa shape index (κ3) is 4.02. The molecule has 1 aromatic heterocycles. The maximum absolute atomic E-state index is 12.2. The fourth-order valence-electron chi connectivity index (χ4n) is 1.87. The molecule has 2 N–H and O–H groups in total. The van der Waals surface area contributed by atoms with Crippen molar-refractivity contribution in [1.29, 1.82) is 0 Å². The zero-order chi connectivity index (χ0) is 15.4. The van der Waals surface area contributed by atoms with Crippen molar-refractivity contribution in [2.24, 2.45) is 0 Å². The summed E-state index contributed by atoms with van der Waals surface area (Å²) >= 11 is 0. The fraction of sp³-hybridized carbons (Fsp3) is 0.312. The normalized spacial score (nSPS) is 10.5. The van der Waals surface area contributed by atoms with Gasteiger partial charge in [0.2, 0.25) is 0 Å². The first kappa shape index (κ1) is 15.0. The molecule has 0 spiro atoms. The SMILES string of the molecule is Cc1ccc(C)c(NC(=O)c2cnc(NC(C)C)cn2)c1. The predicted octanol–water partition coefficient (Wildman–Crippen LogP) is 3.17. The van der Waals surface area contributed by atoms with Gasteiger partial charge in [0.05, 0.1) is 12.4 Å². The van der Waals surface area contributed by atoms with Crippen molar-refractivity contribution in [2.45, 2.75) is 33.7 Å². The van der Waals surface area contributed by atoms with Gasteiger partial charge in [0.1, 0.15) is 11.5 Å². The van der Waals surface area contributed by atoms with E-state index in [2.05, 4.69) is 20.6 Å². The largest absolute Gasteiger partial charge is 0.367 e. The van der Waals surface area contributed by atoms with Gasteiger partial charge in [0.25, 0.3) is 5.91 Å². The van der Waals surface area contributed by atoms with Crippen molar-refractivity contribution < 1.29 is 4.79 Å². The second kappa shape index (κ2) is 6.35. The molecule has 1 amide bonds. The lowest BCUT2D eigenvalue weighted by Crippen LogP contribution is -2.16. The quantitative estimate of drug-likeness (QED) is 0.905. The van der Waals surface area contributed by atoms with E-state index in [0.717, 1.165) is 16.8 Å². The summed E-state index contributed by atoms with van der Waals surface area (Å²) in [6.07, 6.45) is 3.04. The number of rotatable bonds is 4. The Morgan fingerprint density at radius 1 is 1.14 bits per heavy atom. The van der Waals surface area contributed by atoms with Crippen LogP contribution in [0.1, 0.15) is 35.5 Å². The molecule has 0 fully saturated rings. The molecule has 0 unspecified atom stereocenters. The monoisotopic (exact) mass is 284 g/mol. The number of amides is 1. The van der Waals surface area contributed by atoms with Crippen molar-refractivity contribution in [2.75, 3.05) is 10.6 Å². The molecule has 2 aromatic rings. The van der Waals surface area contributed by atoms with Gasteiger partial charge >= 0.3 is 0 Å². The number of benzene rings is 1. The Morgan fingerprint density at radius 3 is 2.52 bits per heavy atom. The average molecular weight is 284 g/mol. The Morgan fingerprint density at radius 2 is 1.90 bits per heavy atom. The van der Waals surface area contributed by atoms with Gasteiger partial charge in [0.15, 0.2) is 0 Å². The molecule has 0 saturated heterocycles. The molecular weight excluding hydrogens is 264 g/mol. The highest BCUT2D eigenvalue weighted by Gasteiger charge is 2.10. The van der Waals surface area contributed by atoms with Crippen LogP contribution >= 0.6 is 0 Å². The molecule has 0 atom stereocenters. The summed E-state index contributed by atoms with van der Waals surface area (Å²) in [5.74, 6) is 0.403. The van der Waals surface area contributed by atoms with Crippen LogP contribution in [0.3, 0.4) is 0 Å². The smallest absolute Gasteiger partial charge is 0.275 e. The first-order valence-corrected chi connectivity index (χ1v) is 6.93. The first-order chi connectivity index (χ1) is 9.95. The molecule has 0 bridgehead atoms. The Bertz CT molecular complexity index is 635. The molecule has 1 aromatic carbocycles. The number of hydrogen-bond acceptors (Lipinski definition) is 4. The van der Waals surface area contributed by atoms with Crippen molar-refractivity contribution >= 4 is 17.4 Å². The second-order valence-electron chi connectivity index (χ2n) is 5.36. The van der Waals surface area contributed by atoms with Gasteiger partial charge < -0.3 is 10.6 Å². The Balaban J connectivity index is 2.11. The lowest BCUT2D eigenvalue weighted by atomic mass is 10.1. The molecule has 2 rings (SSSR count). The third-order valence-electron chi connectivity index (χ3n) is 2.96. The fourth-order valence-corrected chi connectivity index (χ4v) is 1.87. The minimum atomic E-state index is -0.257. The summed E-state index contributed by atoms with van der Waals surface area (Å²) in [4.78, 5) is 20.5. The van der Waals surface area contributed by atoms with E-state index in [-0.39, 0.29) is 11.9 Å². The molecule has 0 aliphatic rings. The zero-order valence-electron chi connectivity index (χ0n) is 12.8. The van der Waals surface area contributed by atoms with Crippen LogP contribution in [0.2, 0.25) is 0 Å². The van der Waals surface area contributed by atoms with Crippen LogP contribution in [0.25, 0.3) is 0 Å². The van der Waals surface area contributed by atoms with E-state index >= 15 is 0 Å². The summed E-state index contributed by atoms with van der Waals surface area (Å²) in [5.41, 5.74) is 3.20. The van der Waals surface area contributed by atoms with Crippen LogP contribution in [0.15, 0.2) is 30.6 Å². The first-order valence-electron chi connectivity index (χ1n) is 6.93. The predicted molar refractivity (Wildman–Crippen MR) is 84.7 cm³/mol. The van der Waals surface area contributed by atoms with Gasteiger partial charge in [-0.1, -0.05) is 12.1 Å². The lowest BCUT2D eigenvalue weighted by Gasteiger charge is -2.10. The molecule has 0 radical (unpaired) electrons. The van der Waals surface area contributed by atoms with Crippen LogP contribution in [0.5, 0.6) is 0 Å². The van der Waals surface area contributed by atoms with Crippen LogP contribution in [-0.4, -0.2) is 21.9 Å². The number of nitrogens with one attached hydrogen (secondary N) is 2. The third-order valence-corrected chi connectivity index (χ3v) is 2.96. The zero-order valence-corrected chi connectivity index (χ0v) is 12.8. The Kier molecular flexibility index (Phi) is 4.52. The molecule has 5 nitrogen and oxygen atoms in total. The number of aromatic nitrogens is 2. The highest BCUT2D eigenvalue weighted by molar-refractivity contribution is 6.03. The number of hydrogen-bond donors (Lipinski definition) is 2. The highest BCUT2D eigenvalue weighted by atomic mass is 16.1. The Hall–Kier alpha value is -2.43. The van der Waals surface area contributed by atoms with Crippen molar-refractivity contribution in [1.82, 2.24) is 9.97 Å². The molecular formula is C16H20N4O. The number of nitrogens with zero attached hydrogens (tertiary/aromatic N) is 2. The topological polar surface area (TPSA) is 66.9 Å². The molecule has 21 heavy (non-hydrogen) atoms. The van der Waals surface area contributed by atoms with E-state index in [1.807, 2.05) is 45.9 Å². The van der Waals surface area contributed by atoms with Crippen molar-refractivity contribution in [3.63, 3.8) is 0 Å². The second-order valence-corrected chi connectivity index (χ2v) is 5.36. The minimum Gasteiger partial charge on any atom is -0.367 e. The van der Waals surface area contributed by atoms with Gasteiger partial charge in [-0.05, 0) is 44.9 Å².